The van der Waals surface area contributed by atoms with Crippen molar-refractivity contribution in [1.29, 1.82) is 0 Å². The van der Waals surface area contributed by atoms with Crippen LogP contribution >= 0.6 is 11.3 Å². The molecule has 0 radical (unpaired) electrons. The van der Waals surface area contributed by atoms with E-state index in [0.29, 0.717) is 17.3 Å². The quantitative estimate of drug-likeness (QED) is 0.782. The van der Waals surface area contributed by atoms with E-state index in [0.717, 1.165) is 37.2 Å². The van der Waals surface area contributed by atoms with Crippen molar-refractivity contribution in [2.45, 2.75) is 44.2 Å². The summed E-state index contributed by atoms with van der Waals surface area (Å²) in [6.07, 6.45) is 2.95. The minimum absolute atomic E-state index is 0.0945. The van der Waals surface area contributed by atoms with E-state index >= 15 is 0 Å². The Bertz CT molecular complexity index is 564. The van der Waals surface area contributed by atoms with Crippen molar-refractivity contribution in [1.82, 2.24) is 9.62 Å². The van der Waals surface area contributed by atoms with Gasteiger partial charge in [-0.3, -0.25) is 0 Å². The molecule has 1 N–H and O–H groups in total. The molecule has 1 saturated heterocycles. The van der Waals surface area contributed by atoms with Gasteiger partial charge in [0.25, 0.3) is 10.0 Å². The average Bonchev–Trinajstić information content (AvgIpc) is 3.02. The van der Waals surface area contributed by atoms with Gasteiger partial charge >= 0.3 is 0 Å². The minimum atomic E-state index is -3.29. The molecule has 6 heteroatoms. The molecule has 0 saturated carbocycles. The van der Waals surface area contributed by atoms with Gasteiger partial charge in [0.2, 0.25) is 0 Å². The van der Waals surface area contributed by atoms with Crippen LogP contribution in [0.3, 0.4) is 0 Å². The zero-order valence-corrected chi connectivity index (χ0v) is 14.8. The fourth-order valence-corrected chi connectivity index (χ4v) is 5.68. The normalized spacial score (nSPS) is 19.2. The molecule has 1 aliphatic rings. The van der Waals surface area contributed by atoms with Crippen LogP contribution in [0.15, 0.2) is 16.3 Å². The Morgan fingerprint density at radius 1 is 1.33 bits per heavy atom. The lowest BCUT2D eigenvalue weighted by Gasteiger charge is -2.18. The maximum Gasteiger partial charge on any atom is 0.252 e. The number of nitrogens with zero attached hydrogens (tertiary/aromatic N) is 1. The van der Waals surface area contributed by atoms with Crippen LogP contribution < -0.4 is 5.32 Å². The molecule has 0 amide bonds. The molecule has 1 aromatic heterocycles. The van der Waals surface area contributed by atoms with Crippen molar-refractivity contribution in [2.24, 2.45) is 5.41 Å². The molecule has 2 heterocycles. The van der Waals surface area contributed by atoms with Crippen molar-refractivity contribution in [3.63, 3.8) is 0 Å². The summed E-state index contributed by atoms with van der Waals surface area (Å²) in [7, 11) is -3.29. The Kier molecular flexibility index (Phi) is 5.46. The zero-order valence-electron chi connectivity index (χ0n) is 13.2. The van der Waals surface area contributed by atoms with Gasteiger partial charge in [0.05, 0.1) is 0 Å². The summed E-state index contributed by atoms with van der Waals surface area (Å²) in [6, 6.07) is 3.72. The molecule has 1 fully saturated rings. The molecular weight excluding hydrogens is 304 g/mol. The van der Waals surface area contributed by atoms with E-state index < -0.39 is 10.0 Å². The first-order valence-electron chi connectivity index (χ1n) is 7.65. The Balaban J connectivity index is 2.00. The number of nitrogens with one attached hydrogen (secondary N) is 1. The van der Waals surface area contributed by atoms with Gasteiger partial charge in [0.15, 0.2) is 0 Å². The van der Waals surface area contributed by atoms with Crippen molar-refractivity contribution in [3.8, 4) is 0 Å². The second kappa shape index (κ2) is 6.77. The fraction of sp³-hybridized carbons (Fsp3) is 0.733. The lowest BCUT2D eigenvalue weighted by Crippen LogP contribution is -2.29. The standard InChI is InChI=1S/C15H26N2O2S2/c1-4-9-16-10-7-13-5-6-14(20-13)21(18,19)17-11-8-15(2,3)12-17/h5-6,16H,4,7-12H2,1-3H3. The second-order valence-electron chi connectivity index (χ2n) is 6.47. The van der Waals surface area contributed by atoms with Crippen LogP contribution in [0.4, 0.5) is 0 Å². The summed E-state index contributed by atoms with van der Waals surface area (Å²) in [5, 5.41) is 3.34. The second-order valence-corrected chi connectivity index (χ2v) is 9.81. The molecule has 0 unspecified atom stereocenters. The van der Waals surface area contributed by atoms with Gasteiger partial charge in [-0.2, -0.15) is 4.31 Å². The third kappa shape index (κ3) is 4.28. The number of thiophene rings is 1. The predicted octanol–water partition coefficient (Wildman–Crippen LogP) is 2.71. The summed E-state index contributed by atoms with van der Waals surface area (Å²) >= 11 is 1.42. The molecule has 1 aliphatic heterocycles. The fourth-order valence-electron chi connectivity index (χ4n) is 2.54. The zero-order chi connectivity index (χ0) is 15.5. The maximum absolute atomic E-state index is 12.6. The minimum Gasteiger partial charge on any atom is -0.316 e. The van der Waals surface area contributed by atoms with Crippen LogP contribution in [-0.4, -0.2) is 38.9 Å². The Labute approximate surface area is 132 Å². The lowest BCUT2D eigenvalue weighted by atomic mass is 9.93. The first-order valence-corrected chi connectivity index (χ1v) is 9.90. The largest absolute Gasteiger partial charge is 0.316 e. The van der Waals surface area contributed by atoms with Gasteiger partial charge < -0.3 is 5.32 Å². The Morgan fingerprint density at radius 3 is 2.71 bits per heavy atom. The molecular formula is C15H26N2O2S2. The molecule has 0 atom stereocenters. The number of rotatable bonds is 7. The van der Waals surface area contributed by atoms with Gasteiger partial charge in [-0.25, -0.2) is 8.42 Å². The van der Waals surface area contributed by atoms with Crippen LogP contribution in [0.2, 0.25) is 0 Å². The highest BCUT2D eigenvalue weighted by molar-refractivity contribution is 7.91. The highest BCUT2D eigenvalue weighted by Crippen LogP contribution is 2.34. The van der Waals surface area contributed by atoms with Crippen LogP contribution in [0, 0.1) is 5.41 Å². The van der Waals surface area contributed by atoms with Gasteiger partial charge in [-0.05, 0) is 49.9 Å². The van der Waals surface area contributed by atoms with Crippen molar-refractivity contribution < 1.29 is 8.42 Å². The van der Waals surface area contributed by atoms with E-state index in [1.807, 2.05) is 6.07 Å². The smallest absolute Gasteiger partial charge is 0.252 e. The van der Waals surface area contributed by atoms with Gasteiger partial charge in [-0.15, -0.1) is 11.3 Å². The van der Waals surface area contributed by atoms with Crippen molar-refractivity contribution >= 4 is 21.4 Å². The summed E-state index contributed by atoms with van der Waals surface area (Å²) in [6.45, 7) is 9.58. The molecule has 120 valence electrons. The third-order valence-corrected chi connectivity index (χ3v) is 7.31. The van der Waals surface area contributed by atoms with Crippen LogP contribution in [0.25, 0.3) is 0 Å². The maximum atomic E-state index is 12.6. The molecule has 4 nitrogen and oxygen atoms in total. The number of hydrogen-bond donors (Lipinski definition) is 1. The highest BCUT2D eigenvalue weighted by Gasteiger charge is 2.37. The predicted molar refractivity (Wildman–Crippen MR) is 88.3 cm³/mol. The molecule has 0 aliphatic carbocycles. The lowest BCUT2D eigenvalue weighted by molar-refractivity contribution is 0.376. The molecule has 2 rings (SSSR count). The van der Waals surface area contributed by atoms with Crippen LogP contribution in [-0.2, 0) is 16.4 Å². The molecule has 0 spiro atoms. The first kappa shape index (κ1) is 16.9. The molecule has 0 bridgehead atoms. The SMILES string of the molecule is CCCNCCc1ccc(S(=O)(=O)N2CCC(C)(C)C2)s1. The summed E-state index contributed by atoms with van der Waals surface area (Å²) in [5.41, 5.74) is 0.0945. The van der Waals surface area contributed by atoms with Crippen molar-refractivity contribution in [3.05, 3.63) is 17.0 Å². The van der Waals surface area contributed by atoms with E-state index in [4.69, 9.17) is 0 Å². The summed E-state index contributed by atoms with van der Waals surface area (Å²) in [5.74, 6) is 0. The van der Waals surface area contributed by atoms with E-state index in [1.54, 1.807) is 10.4 Å². The van der Waals surface area contributed by atoms with Gasteiger partial charge in [-0.1, -0.05) is 20.8 Å². The monoisotopic (exact) mass is 330 g/mol. The topological polar surface area (TPSA) is 49.4 Å². The molecule has 1 aromatic rings. The highest BCUT2D eigenvalue weighted by atomic mass is 32.2. The van der Waals surface area contributed by atoms with Crippen LogP contribution in [0.5, 0.6) is 0 Å². The number of sulfonamides is 1. The van der Waals surface area contributed by atoms with E-state index in [9.17, 15) is 8.42 Å². The van der Waals surface area contributed by atoms with E-state index in [2.05, 4.69) is 26.1 Å². The molecule has 0 aromatic carbocycles. The van der Waals surface area contributed by atoms with E-state index in [-0.39, 0.29) is 5.41 Å². The van der Waals surface area contributed by atoms with Crippen LogP contribution in [0.1, 0.15) is 38.5 Å². The Hall–Kier alpha value is -0.430. The van der Waals surface area contributed by atoms with Crippen molar-refractivity contribution in [2.75, 3.05) is 26.2 Å². The number of hydrogen-bond acceptors (Lipinski definition) is 4. The van der Waals surface area contributed by atoms with Gasteiger partial charge in [0.1, 0.15) is 4.21 Å². The third-order valence-electron chi connectivity index (χ3n) is 3.85. The van der Waals surface area contributed by atoms with Gasteiger partial charge in [0, 0.05) is 18.0 Å². The van der Waals surface area contributed by atoms with E-state index in [1.165, 1.54) is 11.3 Å². The Morgan fingerprint density at radius 2 is 2.10 bits per heavy atom. The molecule has 21 heavy (non-hydrogen) atoms. The first-order chi connectivity index (χ1) is 9.85. The summed E-state index contributed by atoms with van der Waals surface area (Å²) in [4.78, 5) is 1.13. The average molecular weight is 331 g/mol. The summed E-state index contributed by atoms with van der Waals surface area (Å²) < 4.78 is 27.4.